The molecule has 1 aromatic heterocycles. The monoisotopic (exact) mass is 369 g/mol. The van der Waals surface area contributed by atoms with Gasteiger partial charge < -0.3 is 9.72 Å². The van der Waals surface area contributed by atoms with Crippen molar-refractivity contribution in [3.8, 4) is 17.3 Å². The van der Waals surface area contributed by atoms with Crippen LogP contribution < -0.4 is 5.56 Å². The number of hydrogen-bond acceptors (Lipinski definition) is 6. The van der Waals surface area contributed by atoms with Crippen molar-refractivity contribution < 1.29 is 9.53 Å². The Hall–Kier alpha value is -2.01. The molecule has 23 heavy (non-hydrogen) atoms. The predicted molar refractivity (Wildman–Crippen MR) is 88.1 cm³/mol. The first-order chi connectivity index (χ1) is 10.9. The number of aromatic amines is 1. The van der Waals surface area contributed by atoms with E-state index in [4.69, 9.17) is 23.2 Å². The van der Waals surface area contributed by atoms with E-state index in [1.54, 1.807) is 12.3 Å². The van der Waals surface area contributed by atoms with Crippen LogP contribution in [0, 0.1) is 11.3 Å². The van der Waals surface area contributed by atoms with E-state index in [0.29, 0.717) is 5.16 Å². The zero-order chi connectivity index (χ0) is 17.1. The summed E-state index contributed by atoms with van der Waals surface area (Å²) in [5.41, 5.74) is -0.380. The first-order valence-corrected chi connectivity index (χ1v) is 8.07. The summed E-state index contributed by atoms with van der Waals surface area (Å²) in [7, 11) is 1.23. The smallest absolute Gasteiger partial charge is 0.337 e. The minimum absolute atomic E-state index is 0.0621. The Labute approximate surface area is 145 Å². The van der Waals surface area contributed by atoms with Crippen molar-refractivity contribution in [1.82, 2.24) is 9.97 Å². The van der Waals surface area contributed by atoms with Gasteiger partial charge in [0.25, 0.3) is 5.56 Å². The Morgan fingerprint density at radius 2 is 2.00 bits per heavy atom. The molecule has 1 N–H and O–H groups in total. The van der Waals surface area contributed by atoms with Crippen molar-refractivity contribution in [3.05, 3.63) is 43.7 Å². The normalized spacial score (nSPS) is 10.2. The number of carbonyl (C=O) groups is 1. The fraction of sp³-hybridized carbons (Fsp3) is 0.143. The Balaban J connectivity index is 2.78. The summed E-state index contributed by atoms with van der Waals surface area (Å²) in [5, 5.41) is 9.69. The number of thioether (sulfide) groups is 1. The largest absolute Gasteiger partial charge is 0.465 e. The van der Waals surface area contributed by atoms with Gasteiger partial charge in [0.1, 0.15) is 11.6 Å². The van der Waals surface area contributed by atoms with Crippen LogP contribution in [0.15, 0.2) is 22.1 Å². The van der Waals surface area contributed by atoms with Crippen LogP contribution in [-0.2, 0) is 4.74 Å². The Bertz CT molecular complexity index is 867. The van der Waals surface area contributed by atoms with E-state index in [1.165, 1.54) is 31.0 Å². The van der Waals surface area contributed by atoms with Crippen LogP contribution in [0.25, 0.3) is 11.3 Å². The molecule has 0 saturated carbocycles. The first kappa shape index (κ1) is 17.3. The van der Waals surface area contributed by atoms with Crippen molar-refractivity contribution in [2.75, 3.05) is 13.4 Å². The Morgan fingerprint density at radius 1 is 1.39 bits per heavy atom. The van der Waals surface area contributed by atoms with E-state index in [9.17, 15) is 14.9 Å². The predicted octanol–water partition coefficient (Wildman–Crippen LogP) is 3.12. The molecule has 2 rings (SSSR count). The van der Waals surface area contributed by atoms with Crippen molar-refractivity contribution in [2.24, 2.45) is 0 Å². The van der Waals surface area contributed by atoms with E-state index < -0.39 is 11.5 Å². The van der Waals surface area contributed by atoms with Crippen molar-refractivity contribution in [2.45, 2.75) is 5.16 Å². The molecule has 1 heterocycles. The highest BCUT2D eigenvalue weighted by molar-refractivity contribution is 7.98. The highest BCUT2D eigenvalue weighted by Gasteiger charge is 2.21. The maximum absolute atomic E-state index is 12.0. The van der Waals surface area contributed by atoms with Crippen LogP contribution in [0.4, 0.5) is 0 Å². The lowest BCUT2D eigenvalue weighted by molar-refractivity contribution is 0.0601. The number of methoxy groups -OCH3 is 1. The molecule has 0 atom stereocenters. The second kappa shape index (κ2) is 7.04. The number of H-pyrrole nitrogens is 1. The van der Waals surface area contributed by atoms with E-state index in [0.717, 1.165) is 0 Å². The summed E-state index contributed by atoms with van der Waals surface area (Å²) in [6.45, 7) is 0. The number of aromatic nitrogens is 2. The van der Waals surface area contributed by atoms with Crippen LogP contribution >= 0.6 is 35.0 Å². The highest BCUT2D eigenvalue weighted by atomic mass is 35.5. The molecule has 9 heteroatoms. The van der Waals surface area contributed by atoms with Gasteiger partial charge in [-0.25, -0.2) is 9.78 Å². The van der Waals surface area contributed by atoms with Crippen molar-refractivity contribution >= 4 is 40.9 Å². The SMILES string of the molecule is COC(=O)c1cc(Cl)c(-c2nc(SC)[nH]c(=O)c2C#N)c(Cl)c1. The van der Waals surface area contributed by atoms with Gasteiger partial charge in [0.2, 0.25) is 0 Å². The molecule has 2 aromatic rings. The van der Waals surface area contributed by atoms with Crippen LogP contribution in [0.3, 0.4) is 0 Å². The second-order valence-electron chi connectivity index (χ2n) is 4.22. The topological polar surface area (TPSA) is 95.8 Å². The molecule has 0 unspecified atom stereocenters. The zero-order valence-electron chi connectivity index (χ0n) is 11.9. The molecule has 0 fully saturated rings. The van der Waals surface area contributed by atoms with E-state index in [-0.39, 0.29) is 32.4 Å². The van der Waals surface area contributed by atoms with Crippen LogP contribution in [0.5, 0.6) is 0 Å². The standard InChI is InChI=1S/C14H9Cl2N3O3S/c1-22-13(21)6-3-8(15)10(9(16)4-6)11-7(5-17)12(20)19-14(18-11)23-2/h3-4H,1-2H3,(H,18,19,20). The second-order valence-corrected chi connectivity index (χ2v) is 5.83. The lowest BCUT2D eigenvalue weighted by atomic mass is 10.1. The summed E-state index contributed by atoms with van der Waals surface area (Å²) in [6.07, 6.45) is 1.72. The molecule has 0 radical (unpaired) electrons. The van der Waals surface area contributed by atoms with Crippen LogP contribution in [0.1, 0.15) is 15.9 Å². The van der Waals surface area contributed by atoms with Gasteiger partial charge in [0.15, 0.2) is 5.16 Å². The molecule has 118 valence electrons. The van der Waals surface area contributed by atoms with E-state index in [2.05, 4.69) is 14.7 Å². The van der Waals surface area contributed by atoms with Gasteiger partial charge >= 0.3 is 5.97 Å². The maximum atomic E-state index is 12.0. The molecule has 0 saturated heterocycles. The van der Waals surface area contributed by atoms with Gasteiger partial charge in [0.05, 0.1) is 28.4 Å². The summed E-state index contributed by atoms with van der Waals surface area (Å²) < 4.78 is 4.61. The lowest BCUT2D eigenvalue weighted by Crippen LogP contribution is -2.15. The fourth-order valence-electron chi connectivity index (χ4n) is 1.87. The molecule has 0 aliphatic rings. The zero-order valence-corrected chi connectivity index (χ0v) is 14.3. The molecule has 0 bridgehead atoms. The number of benzene rings is 1. The fourth-order valence-corrected chi connectivity index (χ4v) is 2.91. The highest BCUT2D eigenvalue weighted by Crippen LogP contribution is 2.36. The van der Waals surface area contributed by atoms with Crippen molar-refractivity contribution in [3.63, 3.8) is 0 Å². The maximum Gasteiger partial charge on any atom is 0.337 e. The number of nitriles is 1. The summed E-state index contributed by atoms with van der Waals surface area (Å²) >= 11 is 13.6. The first-order valence-electron chi connectivity index (χ1n) is 6.09. The summed E-state index contributed by atoms with van der Waals surface area (Å²) in [5.74, 6) is -0.607. The molecule has 0 aliphatic carbocycles. The van der Waals surface area contributed by atoms with Crippen molar-refractivity contribution in [1.29, 1.82) is 5.26 Å². The summed E-state index contributed by atoms with van der Waals surface area (Å²) in [4.78, 5) is 30.2. The van der Waals surface area contributed by atoms with Crippen LogP contribution in [-0.4, -0.2) is 29.3 Å². The number of rotatable bonds is 3. The quantitative estimate of drug-likeness (QED) is 0.507. The third-order valence-electron chi connectivity index (χ3n) is 2.90. The van der Waals surface area contributed by atoms with Gasteiger partial charge in [0, 0.05) is 5.56 Å². The van der Waals surface area contributed by atoms with Gasteiger partial charge in [-0.15, -0.1) is 0 Å². The third-order valence-corrected chi connectivity index (χ3v) is 4.08. The minimum atomic E-state index is -0.607. The minimum Gasteiger partial charge on any atom is -0.465 e. The molecule has 0 amide bonds. The third kappa shape index (κ3) is 3.34. The van der Waals surface area contributed by atoms with Gasteiger partial charge in [-0.2, -0.15) is 5.26 Å². The number of nitrogens with one attached hydrogen (secondary N) is 1. The molecule has 0 aliphatic heterocycles. The van der Waals surface area contributed by atoms with Gasteiger partial charge in [-0.05, 0) is 18.4 Å². The number of hydrogen-bond donors (Lipinski definition) is 1. The van der Waals surface area contributed by atoms with Gasteiger partial charge in [-0.1, -0.05) is 35.0 Å². The average Bonchev–Trinajstić information content (AvgIpc) is 2.52. The van der Waals surface area contributed by atoms with Gasteiger partial charge in [-0.3, -0.25) is 4.79 Å². The Kier molecular flexibility index (Phi) is 5.31. The van der Waals surface area contributed by atoms with E-state index in [1.807, 2.05) is 0 Å². The Morgan fingerprint density at radius 3 is 2.48 bits per heavy atom. The molecular formula is C14H9Cl2N3O3S. The number of halogens is 2. The number of ether oxygens (including phenoxy) is 1. The summed E-state index contributed by atoms with van der Waals surface area (Å²) in [6, 6.07) is 4.48. The lowest BCUT2D eigenvalue weighted by Gasteiger charge is -2.10. The molecule has 0 spiro atoms. The average molecular weight is 370 g/mol. The van der Waals surface area contributed by atoms with Crippen LogP contribution in [0.2, 0.25) is 10.0 Å². The number of esters is 1. The number of nitrogens with zero attached hydrogens (tertiary/aromatic N) is 2. The number of carbonyl (C=O) groups excluding carboxylic acids is 1. The molecular weight excluding hydrogens is 361 g/mol. The molecule has 1 aromatic carbocycles. The molecule has 6 nitrogen and oxygen atoms in total. The van der Waals surface area contributed by atoms with E-state index >= 15 is 0 Å².